The molecule has 3 amide bonds. The second-order valence-corrected chi connectivity index (χ2v) is 9.19. The number of carbonyl (C=O) groups excluding carboxylic acids is 3. The Morgan fingerprint density at radius 3 is 2.38 bits per heavy atom. The Balaban J connectivity index is 1.55. The smallest absolute Gasteiger partial charge is 0.256 e. The van der Waals surface area contributed by atoms with Gasteiger partial charge in [-0.1, -0.05) is 31.4 Å². The van der Waals surface area contributed by atoms with Gasteiger partial charge in [0.05, 0.1) is 11.3 Å². The van der Waals surface area contributed by atoms with E-state index in [-0.39, 0.29) is 23.5 Å². The van der Waals surface area contributed by atoms with Crippen LogP contribution in [0.2, 0.25) is 0 Å². The average molecular weight is 454 g/mol. The number of amides is 3. The summed E-state index contributed by atoms with van der Waals surface area (Å²) in [6.45, 7) is 2.25. The summed E-state index contributed by atoms with van der Waals surface area (Å²) in [5.74, 6) is 0.584. The fraction of sp³-hybridized carbons (Fsp3) is 0.400. The van der Waals surface area contributed by atoms with Crippen molar-refractivity contribution in [2.75, 3.05) is 29.6 Å². The van der Waals surface area contributed by atoms with Crippen LogP contribution in [-0.4, -0.2) is 37.1 Å². The SMILES string of the molecule is CC(=O)N(C)c1ccc(NC(=O)c2ccccc2SCC(=O)NCC2CCCCC2)cc1. The van der Waals surface area contributed by atoms with E-state index in [1.807, 2.05) is 18.2 Å². The van der Waals surface area contributed by atoms with Crippen LogP contribution in [0.5, 0.6) is 0 Å². The number of carbonyl (C=O) groups is 3. The van der Waals surface area contributed by atoms with E-state index in [0.29, 0.717) is 17.2 Å². The van der Waals surface area contributed by atoms with E-state index < -0.39 is 0 Å². The first-order valence-electron chi connectivity index (χ1n) is 11.1. The van der Waals surface area contributed by atoms with Crippen LogP contribution < -0.4 is 15.5 Å². The van der Waals surface area contributed by atoms with Crippen molar-refractivity contribution < 1.29 is 14.4 Å². The Kier molecular flexibility index (Phi) is 8.73. The lowest BCUT2D eigenvalue weighted by atomic mass is 9.89. The molecule has 1 saturated carbocycles. The van der Waals surface area contributed by atoms with Gasteiger partial charge in [0.2, 0.25) is 11.8 Å². The summed E-state index contributed by atoms with van der Waals surface area (Å²) in [5, 5.41) is 5.94. The topological polar surface area (TPSA) is 78.5 Å². The van der Waals surface area contributed by atoms with Crippen LogP contribution in [0.3, 0.4) is 0 Å². The normalized spacial score (nSPS) is 13.9. The Hall–Kier alpha value is -2.80. The summed E-state index contributed by atoms with van der Waals surface area (Å²) >= 11 is 1.37. The second kappa shape index (κ2) is 11.7. The van der Waals surface area contributed by atoms with Crippen molar-refractivity contribution in [3.8, 4) is 0 Å². The van der Waals surface area contributed by atoms with Gasteiger partial charge in [-0.3, -0.25) is 14.4 Å². The molecule has 0 aliphatic heterocycles. The molecule has 0 radical (unpaired) electrons. The van der Waals surface area contributed by atoms with Gasteiger partial charge in [0.15, 0.2) is 0 Å². The molecule has 0 atom stereocenters. The monoisotopic (exact) mass is 453 g/mol. The zero-order chi connectivity index (χ0) is 22.9. The molecule has 0 unspecified atom stereocenters. The molecule has 0 aromatic heterocycles. The minimum absolute atomic E-state index is 0.000893. The van der Waals surface area contributed by atoms with Gasteiger partial charge >= 0.3 is 0 Å². The molecular weight excluding hydrogens is 422 g/mol. The third kappa shape index (κ3) is 6.85. The van der Waals surface area contributed by atoms with E-state index in [0.717, 1.165) is 17.1 Å². The first-order chi connectivity index (χ1) is 15.4. The van der Waals surface area contributed by atoms with E-state index in [4.69, 9.17) is 0 Å². The van der Waals surface area contributed by atoms with Crippen molar-refractivity contribution in [1.82, 2.24) is 5.32 Å². The van der Waals surface area contributed by atoms with Crippen LogP contribution in [0.4, 0.5) is 11.4 Å². The molecule has 1 fully saturated rings. The Labute approximate surface area is 194 Å². The fourth-order valence-corrected chi connectivity index (χ4v) is 4.65. The van der Waals surface area contributed by atoms with Crippen molar-refractivity contribution in [1.29, 1.82) is 0 Å². The van der Waals surface area contributed by atoms with Gasteiger partial charge < -0.3 is 15.5 Å². The highest BCUT2D eigenvalue weighted by Crippen LogP contribution is 2.25. The predicted molar refractivity (Wildman–Crippen MR) is 130 cm³/mol. The van der Waals surface area contributed by atoms with Crippen LogP contribution in [0, 0.1) is 5.92 Å². The minimum Gasteiger partial charge on any atom is -0.355 e. The Bertz CT molecular complexity index is 940. The van der Waals surface area contributed by atoms with Crippen LogP contribution >= 0.6 is 11.8 Å². The summed E-state index contributed by atoms with van der Waals surface area (Å²) in [4.78, 5) is 38.9. The summed E-state index contributed by atoms with van der Waals surface area (Å²) in [5.41, 5.74) is 1.92. The summed E-state index contributed by atoms with van der Waals surface area (Å²) < 4.78 is 0. The Morgan fingerprint density at radius 1 is 1.00 bits per heavy atom. The molecule has 1 aliphatic rings. The number of benzene rings is 2. The molecule has 3 rings (SSSR count). The molecule has 0 spiro atoms. The Morgan fingerprint density at radius 2 is 1.69 bits per heavy atom. The third-order valence-corrected chi connectivity index (χ3v) is 6.86. The second-order valence-electron chi connectivity index (χ2n) is 8.17. The lowest BCUT2D eigenvalue weighted by molar-refractivity contribution is -0.119. The van der Waals surface area contributed by atoms with Crippen molar-refractivity contribution in [3.63, 3.8) is 0 Å². The van der Waals surface area contributed by atoms with Gasteiger partial charge in [-0.25, -0.2) is 0 Å². The van der Waals surface area contributed by atoms with E-state index in [1.165, 1.54) is 55.7 Å². The van der Waals surface area contributed by atoms with Crippen LogP contribution in [0.25, 0.3) is 0 Å². The highest BCUT2D eigenvalue weighted by molar-refractivity contribution is 8.00. The fourth-order valence-electron chi connectivity index (χ4n) is 3.77. The maximum atomic E-state index is 12.8. The van der Waals surface area contributed by atoms with Crippen molar-refractivity contribution in [3.05, 3.63) is 54.1 Å². The van der Waals surface area contributed by atoms with Gasteiger partial charge in [-0.2, -0.15) is 0 Å². The lowest BCUT2D eigenvalue weighted by Crippen LogP contribution is -2.31. The maximum absolute atomic E-state index is 12.8. The third-order valence-electron chi connectivity index (χ3n) is 5.79. The molecule has 170 valence electrons. The molecule has 32 heavy (non-hydrogen) atoms. The molecule has 2 N–H and O–H groups in total. The van der Waals surface area contributed by atoms with Crippen LogP contribution in [0.15, 0.2) is 53.4 Å². The molecule has 2 aromatic rings. The predicted octanol–water partition coefficient (Wildman–Crippen LogP) is 4.71. The average Bonchev–Trinajstić information content (AvgIpc) is 2.82. The molecule has 7 heteroatoms. The van der Waals surface area contributed by atoms with E-state index in [2.05, 4.69) is 10.6 Å². The largest absolute Gasteiger partial charge is 0.355 e. The van der Waals surface area contributed by atoms with E-state index in [9.17, 15) is 14.4 Å². The van der Waals surface area contributed by atoms with Gasteiger partial charge in [0.25, 0.3) is 5.91 Å². The summed E-state index contributed by atoms with van der Waals surface area (Å²) in [6.07, 6.45) is 6.21. The molecule has 1 aliphatic carbocycles. The summed E-state index contributed by atoms with van der Waals surface area (Å²) in [7, 11) is 1.70. The first kappa shape index (κ1) is 23.9. The highest BCUT2D eigenvalue weighted by atomic mass is 32.2. The van der Waals surface area contributed by atoms with E-state index in [1.54, 1.807) is 37.4 Å². The number of hydrogen-bond acceptors (Lipinski definition) is 4. The zero-order valence-electron chi connectivity index (χ0n) is 18.7. The van der Waals surface area contributed by atoms with Gasteiger partial charge in [-0.15, -0.1) is 11.8 Å². The molecule has 2 aromatic carbocycles. The zero-order valence-corrected chi connectivity index (χ0v) is 19.5. The van der Waals surface area contributed by atoms with Crippen LogP contribution in [0.1, 0.15) is 49.4 Å². The molecule has 0 saturated heterocycles. The molecule has 0 bridgehead atoms. The summed E-state index contributed by atoms with van der Waals surface area (Å²) in [6, 6.07) is 14.4. The van der Waals surface area contributed by atoms with Gasteiger partial charge in [0.1, 0.15) is 0 Å². The number of anilines is 2. The number of rotatable bonds is 8. The van der Waals surface area contributed by atoms with Crippen molar-refractivity contribution in [2.45, 2.75) is 43.9 Å². The number of nitrogens with zero attached hydrogens (tertiary/aromatic N) is 1. The molecular formula is C25H31N3O3S. The number of hydrogen-bond donors (Lipinski definition) is 2. The van der Waals surface area contributed by atoms with Crippen molar-refractivity contribution in [2.24, 2.45) is 5.92 Å². The number of thioether (sulfide) groups is 1. The van der Waals surface area contributed by atoms with Gasteiger partial charge in [0, 0.05) is 36.8 Å². The maximum Gasteiger partial charge on any atom is 0.256 e. The molecule has 6 nitrogen and oxygen atoms in total. The van der Waals surface area contributed by atoms with Gasteiger partial charge in [-0.05, 0) is 55.2 Å². The highest BCUT2D eigenvalue weighted by Gasteiger charge is 2.16. The quantitative estimate of drug-likeness (QED) is 0.568. The van der Waals surface area contributed by atoms with E-state index >= 15 is 0 Å². The number of nitrogens with one attached hydrogen (secondary N) is 2. The lowest BCUT2D eigenvalue weighted by Gasteiger charge is -2.21. The standard InChI is InChI=1S/C25H31N3O3S/c1-18(29)28(2)21-14-12-20(13-15-21)27-25(31)22-10-6-7-11-23(22)32-17-24(30)26-16-19-8-4-3-5-9-19/h6-7,10-15,19H,3-5,8-9,16-17H2,1-2H3,(H,26,30)(H,27,31). The molecule has 0 heterocycles. The van der Waals surface area contributed by atoms with Crippen LogP contribution in [-0.2, 0) is 9.59 Å². The minimum atomic E-state index is -0.233. The first-order valence-corrected chi connectivity index (χ1v) is 12.1. The van der Waals surface area contributed by atoms with Crippen molar-refractivity contribution >= 4 is 40.9 Å².